The molecule has 0 N–H and O–H groups in total. The first-order valence-corrected chi connectivity index (χ1v) is 13.4. The summed E-state index contributed by atoms with van der Waals surface area (Å²) in [5.74, 6) is -2.57. The zero-order valence-electron chi connectivity index (χ0n) is 22.7. The average molecular weight is 531 g/mol. The summed E-state index contributed by atoms with van der Waals surface area (Å²) in [6.45, 7) is 9.89. The van der Waals surface area contributed by atoms with E-state index in [0.717, 1.165) is 35.3 Å². The van der Waals surface area contributed by atoms with Crippen LogP contribution in [0.4, 0.5) is 8.78 Å². The van der Waals surface area contributed by atoms with Crippen LogP contribution in [0, 0.1) is 5.92 Å². The monoisotopic (exact) mass is 530 g/mol. The second-order valence-electron chi connectivity index (χ2n) is 9.92. The molecule has 0 aliphatic carbocycles. The van der Waals surface area contributed by atoms with Gasteiger partial charge in [0.1, 0.15) is 6.61 Å². The molecule has 2 unspecified atom stereocenters. The lowest BCUT2D eigenvalue weighted by molar-refractivity contribution is -0.0194. The van der Waals surface area contributed by atoms with Crippen LogP contribution in [0.25, 0.3) is 22.3 Å². The Balaban J connectivity index is 1.33. The molecule has 5 heteroatoms. The summed E-state index contributed by atoms with van der Waals surface area (Å²) in [6, 6.07) is 24.9. The van der Waals surface area contributed by atoms with Gasteiger partial charge in [-0.3, -0.25) is 0 Å². The zero-order valence-corrected chi connectivity index (χ0v) is 22.7. The lowest BCUT2D eigenvalue weighted by Crippen LogP contribution is -2.20. The second kappa shape index (κ2) is 13.4. The van der Waals surface area contributed by atoms with E-state index < -0.39 is 23.2 Å². The molecule has 0 saturated carbocycles. The smallest absolute Gasteiger partial charge is 0.203 e. The molecule has 3 aromatic carbocycles. The summed E-state index contributed by atoms with van der Waals surface area (Å²) >= 11 is 0. The molecule has 1 aliphatic heterocycles. The molecule has 1 fully saturated rings. The van der Waals surface area contributed by atoms with Crippen LogP contribution in [0.3, 0.4) is 0 Å². The standard InChI is InChI=1S/C34H36F2O3/c1-5-6-25-9-20-32(39-22-25)31-18-16-30(17-19-31)29-14-12-28(13-15-29)27-10-7-26(8-11-27)21-38-24(3)34(36)33(35)23(2)37-4/h7-8,10-19,25,32H,2-3,5-6,9,20-22H2,1,4H3/b34-33-. The third-order valence-electron chi connectivity index (χ3n) is 7.20. The van der Waals surface area contributed by atoms with Gasteiger partial charge in [-0.05, 0) is 58.6 Å². The zero-order chi connectivity index (χ0) is 27.8. The molecule has 0 radical (unpaired) electrons. The SMILES string of the molecule is C=C(OC)/C(F)=C(/F)C(=C)OCc1ccc(-c2ccc(-c3ccc(C4CCC(CCC)CO4)cc3)cc2)cc1. The molecular formula is C34H36F2O3. The molecule has 0 aromatic heterocycles. The normalized spacial score (nSPS) is 17.7. The van der Waals surface area contributed by atoms with Crippen molar-refractivity contribution in [2.24, 2.45) is 5.92 Å². The van der Waals surface area contributed by atoms with Gasteiger partial charge in [0.05, 0.1) is 19.8 Å². The first-order chi connectivity index (χ1) is 18.9. The molecule has 3 nitrogen and oxygen atoms in total. The van der Waals surface area contributed by atoms with E-state index in [9.17, 15) is 8.78 Å². The van der Waals surface area contributed by atoms with Gasteiger partial charge in [-0.2, -0.15) is 8.78 Å². The van der Waals surface area contributed by atoms with Crippen molar-refractivity contribution >= 4 is 0 Å². The molecule has 1 aliphatic rings. The molecule has 39 heavy (non-hydrogen) atoms. The van der Waals surface area contributed by atoms with E-state index in [1.165, 1.54) is 37.5 Å². The van der Waals surface area contributed by atoms with Crippen molar-refractivity contribution in [1.82, 2.24) is 0 Å². The molecule has 0 spiro atoms. The van der Waals surface area contributed by atoms with Crippen molar-refractivity contribution in [2.75, 3.05) is 13.7 Å². The lowest BCUT2D eigenvalue weighted by Gasteiger charge is -2.29. The van der Waals surface area contributed by atoms with Crippen molar-refractivity contribution in [1.29, 1.82) is 0 Å². The van der Waals surface area contributed by atoms with E-state index >= 15 is 0 Å². The number of rotatable bonds is 11. The average Bonchev–Trinajstić information content (AvgIpc) is 2.99. The van der Waals surface area contributed by atoms with E-state index in [4.69, 9.17) is 9.47 Å². The molecule has 0 amide bonds. The highest BCUT2D eigenvalue weighted by atomic mass is 19.2. The predicted octanol–water partition coefficient (Wildman–Crippen LogP) is 9.63. The number of hydrogen-bond acceptors (Lipinski definition) is 3. The van der Waals surface area contributed by atoms with Crippen molar-refractivity contribution in [3.63, 3.8) is 0 Å². The van der Waals surface area contributed by atoms with Gasteiger partial charge >= 0.3 is 0 Å². The van der Waals surface area contributed by atoms with Gasteiger partial charge in [0, 0.05) is 0 Å². The summed E-state index contributed by atoms with van der Waals surface area (Å²) in [5.41, 5.74) is 6.51. The van der Waals surface area contributed by atoms with Crippen molar-refractivity contribution < 1.29 is 23.0 Å². The Kier molecular flexibility index (Phi) is 9.72. The van der Waals surface area contributed by atoms with Crippen LogP contribution in [-0.2, 0) is 20.8 Å². The summed E-state index contributed by atoms with van der Waals surface area (Å²) < 4.78 is 43.9. The minimum atomic E-state index is -1.23. The molecule has 0 bridgehead atoms. The van der Waals surface area contributed by atoms with Crippen LogP contribution >= 0.6 is 0 Å². The highest BCUT2D eigenvalue weighted by molar-refractivity contribution is 5.70. The fraction of sp³-hybridized carbons (Fsp3) is 0.294. The third-order valence-corrected chi connectivity index (χ3v) is 7.20. The van der Waals surface area contributed by atoms with E-state index in [2.05, 4.69) is 73.3 Å². The number of halogens is 2. The Labute approximate surface area is 230 Å². The highest BCUT2D eigenvalue weighted by Crippen LogP contribution is 2.34. The van der Waals surface area contributed by atoms with Gasteiger partial charge in [-0.1, -0.05) is 99.3 Å². The van der Waals surface area contributed by atoms with E-state index in [-0.39, 0.29) is 12.7 Å². The summed E-state index contributed by atoms with van der Waals surface area (Å²) in [4.78, 5) is 0. The largest absolute Gasteiger partial charge is 0.494 e. The van der Waals surface area contributed by atoms with Crippen LogP contribution in [0.1, 0.15) is 49.8 Å². The Morgan fingerprint density at radius 2 is 1.31 bits per heavy atom. The highest BCUT2D eigenvalue weighted by Gasteiger charge is 2.22. The molecule has 2 atom stereocenters. The van der Waals surface area contributed by atoms with Gasteiger partial charge in [0.2, 0.25) is 11.7 Å². The maximum Gasteiger partial charge on any atom is 0.203 e. The van der Waals surface area contributed by atoms with Gasteiger partial charge in [0.25, 0.3) is 0 Å². The maximum atomic E-state index is 14.0. The summed E-state index contributed by atoms with van der Waals surface area (Å²) in [7, 11) is 1.21. The van der Waals surface area contributed by atoms with Crippen LogP contribution in [0.5, 0.6) is 0 Å². The number of benzene rings is 3. The predicted molar refractivity (Wildman–Crippen MR) is 153 cm³/mol. The fourth-order valence-corrected chi connectivity index (χ4v) is 4.81. The quantitative estimate of drug-likeness (QED) is 0.182. The molecule has 1 saturated heterocycles. The number of methoxy groups -OCH3 is 1. The van der Waals surface area contributed by atoms with Gasteiger partial charge < -0.3 is 14.2 Å². The van der Waals surface area contributed by atoms with Gasteiger partial charge in [0.15, 0.2) is 11.5 Å². The number of hydrogen-bond donors (Lipinski definition) is 0. The molecule has 204 valence electrons. The Bertz CT molecular complexity index is 1280. The number of ether oxygens (including phenoxy) is 3. The van der Waals surface area contributed by atoms with Crippen molar-refractivity contribution in [3.8, 4) is 22.3 Å². The van der Waals surface area contributed by atoms with Gasteiger partial charge in [-0.25, -0.2) is 0 Å². The minimum absolute atomic E-state index is 0.0550. The first kappa shape index (κ1) is 28.3. The van der Waals surface area contributed by atoms with Crippen LogP contribution < -0.4 is 0 Å². The van der Waals surface area contributed by atoms with Crippen LogP contribution in [0.15, 0.2) is 109 Å². The van der Waals surface area contributed by atoms with Gasteiger partial charge in [-0.15, -0.1) is 0 Å². The van der Waals surface area contributed by atoms with Crippen molar-refractivity contribution in [2.45, 2.75) is 45.3 Å². The Morgan fingerprint density at radius 3 is 1.79 bits per heavy atom. The molecule has 3 aromatic rings. The third kappa shape index (κ3) is 7.24. The maximum absolute atomic E-state index is 14.0. The number of allylic oxidation sites excluding steroid dienone is 2. The topological polar surface area (TPSA) is 27.7 Å². The lowest BCUT2D eigenvalue weighted by atomic mass is 9.91. The van der Waals surface area contributed by atoms with Crippen LogP contribution in [0.2, 0.25) is 0 Å². The Morgan fingerprint density at radius 1 is 0.795 bits per heavy atom. The summed E-state index contributed by atoms with van der Waals surface area (Å²) in [6.07, 6.45) is 5.01. The van der Waals surface area contributed by atoms with Crippen molar-refractivity contribution in [3.05, 3.63) is 120 Å². The molecule has 1 heterocycles. The molecule has 4 rings (SSSR count). The molecular weight excluding hydrogens is 494 g/mol. The Hall–Kier alpha value is -3.70. The summed E-state index contributed by atoms with van der Waals surface area (Å²) in [5, 5.41) is 0. The second-order valence-corrected chi connectivity index (χ2v) is 9.92. The van der Waals surface area contributed by atoms with E-state index in [1.54, 1.807) is 0 Å². The van der Waals surface area contributed by atoms with Crippen LogP contribution in [-0.4, -0.2) is 13.7 Å². The van der Waals surface area contributed by atoms with E-state index in [0.29, 0.717) is 5.92 Å². The first-order valence-electron chi connectivity index (χ1n) is 13.4. The minimum Gasteiger partial charge on any atom is -0.494 e. The fourth-order valence-electron chi connectivity index (χ4n) is 4.81. The van der Waals surface area contributed by atoms with E-state index in [1.807, 2.05) is 24.3 Å².